The van der Waals surface area contributed by atoms with E-state index in [2.05, 4.69) is 20.3 Å². The van der Waals surface area contributed by atoms with Crippen LogP contribution < -0.4 is 5.32 Å². The standard InChI is InChI=1S/C17H22N6OS/c1-12-19-14-5-9-23(17(24)22-7-3-2-4-8-22)11-13(14)15(20-12)21-16-18-6-10-25-16/h6,10H,2-5,7-9,11H2,1H3,(H,18,19,20,21). The highest BCUT2D eigenvalue weighted by Crippen LogP contribution is 2.28. The zero-order chi connectivity index (χ0) is 17.2. The zero-order valence-corrected chi connectivity index (χ0v) is 15.2. The van der Waals surface area contributed by atoms with Crippen molar-refractivity contribution in [1.82, 2.24) is 24.8 Å². The molecule has 4 heterocycles. The number of anilines is 2. The van der Waals surface area contributed by atoms with Crippen LogP contribution in [0.4, 0.5) is 15.7 Å². The average molecular weight is 358 g/mol. The zero-order valence-electron chi connectivity index (χ0n) is 14.4. The van der Waals surface area contributed by atoms with Gasteiger partial charge < -0.3 is 15.1 Å². The second-order valence-electron chi connectivity index (χ2n) is 6.51. The van der Waals surface area contributed by atoms with Crippen LogP contribution in [0.5, 0.6) is 0 Å². The molecule has 0 aliphatic carbocycles. The van der Waals surface area contributed by atoms with E-state index >= 15 is 0 Å². The SMILES string of the molecule is Cc1nc2c(c(Nc3nccs3)n1)CN(C(=O)N1CCCCC1)CC2. The number of piperidine rings is 1. The molecule has 0 aromatic carbocycles. The minimum Gasteiger partial charge on any atom is -0.325 e. The summed E-state index contributed by atoms with van der Waals surface area (Å²) in [5.74, 6) is 1.52. The Morgan fingerprint density at radius 3 is 2.76 bits per heavy atom. The lowest BCUT2D eigenvalue weighted by atomic mass is 10.1. The van der Waals surface area contributed by atoms with Crippen molar-refractivity contribution < 1.29 is 4.79 Å². The van der Waals surface area contributed by atoms with E-state index in [9.17, 15) is 4.79 Å². The smallest absolute Gasteiger partial charge is 0.320 e. The average Bonchev–Trinajstić information content (AvgIpc) is 3.14. The Labute approximate surface area is 151 Å². The Hall–Kier alpha value is -2.22. The highest BCUT2D eigenvalue weighted by Gasteiger charge is 2.28. The molecule has 7 nitrogen and oxygen atoms in total. The fourth-order valence-electron chi connectivity index (χ4n) is 3.48. The summed E-state index contributed by atoms with van der Waals surface area (Å²) in [5.41, 5.74) is 2.05. The van der Waals surface area contributed by atoms with E-state index in [4.69, 9.17) is 0 Å². The van der Waals surface area contributed by atoms with E-state index in [-0.39, 0.29) is 6.03 Å². The fraction of sp³-hybridized carbons (Fsp3) is 0.529. The van der Waals surface area contributed by atoms with E-state index in [0.717, 1.165) is 66.9 Å². The minimum absolute atomic E-state index is 0.145. The Morgan fingerprint density at radius 1 is 1.16 bits per heavy atom. The first-order valence-electron chi connectivity index (χ1n) is 8.77. The van der Waals surface area contributed by atoms with Gasteiger partial charge in [0, 0.05) is 43.2 Å². The molecule has 8 heteroatoms. The van der Waals surface area contributed by atoms with Crippen molar-refractivity contribution in [2.75, 3.05) is 25.0 Å². The molecule has 0 bridgehead atoms. The first-order valence-corrected chi connectivity index (χ1v) is 9.65. The number of likely N-dealkylation sites (tertiary alicyclic amines) is 1. The Kier molecular flexibility index (Phi) is 4.52. The molecule has 2 aromatic rings. The summed E-state index contributed by atoms with van der Waals surface area (Å²) in [4.78, 5) is 30.2. The van der Waals surface area contributed by atoms with Crippen LogP contribution in [0.25, 0.3) is 0 Å². The number of nitrogens with one attached hydrogen (secondary N) is 1. The maximum atomic E-state index is 12.8. The monoisotopic (exact) mass is 358 g/mol. The summed E-state index contributed by atoms with van der Waals surface area (Å²) in [5, 5.41) is 6.03. The van der Waals surface area contributed by atoms with Gasteiger partial charge in [-0.2, -0.15) is 0 Å². The second kappa shape index (κ2) is 6.95. The predicted molar refractivity (Wildman–Crippen MR) is 97.1 cm³/mol. The molecule has 1 saturated heterocycles. The van der Waals surface area contributed by atoms with Gasteiger partial charge in [-0.25, -0.2) is 19.7 Å². The number of urea groups is 1. The summed E-state index contributed by atoms with van der Waals surface area (Å²) < 4.78 is 0. The summed E-state index contributed by atoms with van der Waals surface area (Å²) >= 11 is 1.53. The highest BCUT2D eigenvalue weighted by molar-refractivity contribution is 7.13. The molecule has 0 unspecified atom stereocenters. The third-order valence-corrected chi connectivity index (χ3v) is 5.42. The topological polar surface area (TPSA) is 74.2 Å². The van der Waals surface area contributed by atoms with E-state index in [0.29, 0.717) is 6.54 Å². The number of carbonyl (C=O) groups excluding carboxylic acids is 1. The quantitative estimate of drug-likeness (QED) is 0.893. The van der Waals surface area contributed by atoms with Gasteiger partial charge in [-0.1, -0.05) is 0 Å². The normalized spacial score (nSPS) is 17.3. The first kappa shape index (κ1) is 16.3. The van der Waals surface area contributed by atoms with Crippen LogP contribution in [0.1, 0.15) is 36.3 Å². The van der Waals surface area contributed by atoms with E-state index in [1.807, 2.05) is 22.1 Å². The number of carbonyl (C=O) groups is 1. The summed E-state index contributed by atoms with van der Waals surface area (Å²) in [7, 11) is 0. The van der Waals surface area contributed by atoms with Gasteiger partial charge in [-0.15, -0.1) is 11.3 Å². The molecular weight excluding hydrogens is 336 g/mol. The van der Waals surface area contributed by atoms with Crippen LogP contribution in [0.2, 0.25) is 0 Å². The number of fused-ring (bicyclic) bond motifs is 1. The van der Waals surface area contributed by atoms with Crippen molar-refractivity contribution in [2.45, 2.75) is 39.2 Å². The third-order valence-electron chi connectivity index (χ3n) is 4.73. The van der Waals surface area contributed by atoms with Gasteiger partial charge in [0.05, 0.1) is 12.2 Å². The van der Waals surface area contributed by atoms with Crippen LogP contribution >= 0.6 is 11.3 Å². The number of nitrogens with zero attached hydrogens (tertiary/aromatic N) is 5. The van der Waals surface area contributed by atoms with E-state index in [1.165, 1.54) is 17.8 Å². The molecule has 2 aromatic heterocycles. The largest absolute Gasteiger partial charge is 0.325 e. The summed E-state index contributed by atoms with van der Waals surface area (Å²) in [6.07, 6.45) is 5.97. The Morgan fingerprint density at radius 2 is 2.00 bits per heavy atom. The first-order chi connectivity index (χ1) is 12.2. The fourth-order valence-corrected chi connectivity index (χ4v) is 4.00. The van der Waals surface area contributed by atoms with Gasteiger partial charge in [0.1, 0.15) is 11.6 Å². The molecule has 132 valence electrons. The minimum atomic E-state index is 0.145. The van der Waals surface area contributed by atoms with Gasteiger partial charge in [-0.3, -0.25) is 0 Å². The molecule has 2 aliphatic rings. The third kappa shape index (κ3) is 3.44. The predicted octanol–water partition coefficient (Wildman–Crippen LogP) is 2.95. The van der Waals surface area contributed by atoms with Gasteiger partial charge >= 0.3 is 6.03 Å². The molecule has 0 atom stereocenters. The van der Waals surface area contributed by atoms with Crippen molar-refractivity contribution in [2.24, 2.45) is 0 Å². The number of thiazole rings is 1. The molecule has 0 radical (unpaired) electrons. The Balaban J connectivity index is 1.57. The lowest BCUT2D eigenvalue weighted by Gasteiger charge is -2.35. The number of aryl methyl sites for hydroxylation is 1. The van der Waals surface area contributed by atoms with Crippen molar-refractivity contribution in [3.8, 4) is 0 Å². The van der Waals surface area contributed by atoms with Crippen molar-refractivity contribution >= 4 is 28.3 Å². The van der Waals surface area contributed by atoms with Crippen molar-refractivity contribution in [3.63, 3.8) is 0 Å². The Bertz CT molecular complexity index is 757. The second-order valence-corrected chi connectivity index (χ2v) is 7.40. The molecule has 2 aliphatic heterocycles. The van der Waals surface area contributed by atoms with Crippen molar-refractivity contribution in [1.29, 1.82) is 0 Å². The lowest BCUT2D eigenvalue weighted by Crippen LogP contribution is -2.47. The lowest BCUT2D eigenvalue weighted by molar-refractivity contribution is 0.138. The number of hydrogen-bond donors (Lipinski definition) is 1. The number of hydrogen-bond acceptors (Lipinski definition) is 6. The van der Waals surface area contributed by atoms with Gasteiger partial charge in [0.25, 0.3) is 0 Å². The maximum Gasteiger partial charge on any atom is 0.320 e. The maximum absolute atomic E-state index is 12.8. The molecule has 0 spiro atoms. The van der Waals surface area contributed by atoms with Gasteiger partial charge in [-0.05, 0) is 26.2 Å². The van der Waals surface area contributed by atoms with E-state index < -0.39 is 0 Å². The van der Waals surface area contributed by atoms with E-state index in [1.54, 1.807) is 6.20 Å². The van der Waals surface area contributed by atoms with Crippen LogP contribution in [0.15, 0.2) is 11.6 Å². The molecule has 0 saturated carbocycles. The van der Waals surface area contributed by atoms with Crippen LogP contribution in [0, 0.1) is 6.92 Å². The highest BCUT2D eigenvalue weighted by atomic mass is 32.1. The molecule has 2 amide bonds. The molecule has 25 heavy (non-hydrogen) atoms. The van der Waals surface area contributed by atoms with Crippen LogP contribution in [-0.4, -0.2) is 50.4 Å². The van der Waals surface area contributed by atoms with Crippen molar-refractivity contribution in [3.05, 3.63) is 28.7 Å². The van der Waals surface area contributed by atoms with Crippen LogP contribution in [0.3, 0.4) is 0 Å². The number of rotatable bonds is 2. The molecule has 1 fully saturated rings. The molecular formula is C17H22N6OS. The summed E-state index contributed by atoms with van der Waals surface area (Å²) in [6.45, 7) is 4.92. The number of aromatic nitrogens is 3. The molecule has 1 N–H and O–H groups in total. The molecule has 4 rings (SSSR count). The van der Waals surface area contributed by atoms with Gasteiger partial charge in [0.2, 0.25) is 0 Å². The number of amides is 2. The summed E-state index contributed by atoms with van der Waals surface area (Å²) in [6, 6.07) is 0.145. The van der Waals surface area contributed by atoms with Crippen LogP contribution in [-0.2, 0) is 13.0 Å². The van der Waals surface area contributed by atoms with Gasteiger partial charge in [0.15, 0.2) is 5.13 Å².